The van der Waals surface area contributed by atoms with E-state index < -0.39 is 171 Å². The Morgan fingerprint density at radius 3 is 1.21 bits per heavy atom. The summed E-state index contributed by atoms with van der Waals surface area (Å²) in [5.41, 5.74) is -23.8. The Kier molecular flexibility index (Phi) is 31.8. The third-order valence-corrected chi connectivity index (χ3v) is 20.1. The van der Waals surface area contributed by atoms with E-state index in [2.05, 4.69) is 78.4 Å². The van der Waals surface area contributed by atoms with Crippen LogP contribution in [0.3, 0.4) is 0 Å². The first-order valence-corrected chi connectivity index (χ1v) is 38.5. The molecule has 2 saturated carbocycles. The van der Waals surface area contributed by atoms with Crippen LogP contribution in [0.4, 0.5) is 140 Å². The first-order chi connectivity index (χ1) is 59.2. The van der Waals surface area contributed by atoms with Crippen molar-refractivity contribution in [1.82, 2.24) is 74.6 Å². The molecule has 9 aromatic rings. The van der Waals surface area contributed by atoms with Crippen molar-refractivity contribution in [3.8, 4) is 22.6 Å². The lowest BCUT2D eigenvalue weighted by molar-refractivity contribution is -0.292. The van der Waals surface area contributed by atoms with Gasteiger partial charge >= 0.3 is 86.2 Å². The fourth-order valence-corrected chi connectivity index (χ4v) is 12.3. The van der Waals surface area contributed by atoms with E-state index in [4.69, 9.17) is 49.2 Å². The van der Waals surface area contributed by atoms with Crippen LogP contribution >= 0.6 is 66.7 Å². The maximum Gasteiger partial charge on any atom is 0.514 e. The maximum absolute atomic E-state index is 13.9. The van der Waals surface area contributed by atoms with Gasteiger partial charge in [0.2, 0.25) is 0 Å². The summed E-state index contributed by atoms with van der Waals surface area (Å²) in [4.78, 5) is 46.7. The van der Waals surface area contributed by atoms with E-state index in [0.717, 1.165) is 78.5 Å². The summed E-state index contributed by atoms with van der Waals surface area (Å²) in [7, 11) is 1.10. The quantitative estimate of drug-likeness (QED) is 0.0551. The molecule has 2 aliphatic carbocycles. The number of hydrogen-bond acceptors (Lipinski definition) is 12. The molecule has 722 valence electrons. The standard InChI is InChI=1S/C20H16ClF8N5O.C13H15BF8N2O2.C13H11BrClN3O.C10H9BrClNO.C8H4F8N2O2.C7H4F8N2/c1-9(2)31-17(35)12-6-11(4-5-13(12)21)34-8-10(7-30-34)15-14(19(24,25)26)16(32-33(15)3)18(22,23)20(27,28)29;1-9(2)10(3,4)26-14(25-9)8-6(12(17,18)19)7(23-24(8)5)11(15,16)13(20,21)22;14-8-6-16-18(7-8)10-3-4-12(15)11(5-10)13(19)17-9-1-2-9;11-6-1-4-9(12)8(5-6)10(14)13-7-2-3-7;1-18-3(5(19)20)2(7(11,12)13)4(17-18)6(9,10)8(14,15)16;1-17-2-3(6(10,11)12)4(16-17)5(8,9)7(13,14)15/h4-9H,1-3H3,(H,31,35);1-5H3;3-7,9H,1-2H2,(H,17,19);1,4-5,7H,2-3H2,(H,13,14);1H3,(H,19,20);2H,1H3. The first kappa shape index (κ1) is 108. The zero-order chi connectivity index (χ0) is 100. The van der Waals surface area contributed by atoms with Crippen molar-refractivity contribution >= 4 is 103 Å². The Morgan fingerprint density at radius 1 is 0.458 bits per heavy atom. The van der Waals surface area contributed by atoms with Crippen molar-refractivity contribution in [2.24, 2.45) is 28.2 Å². The van der Waals surface area contributed by atoms with E-state index in [1.165, 1.54) is 45.9 Å². The molecule has 4 N–H and O–H groups in total. The number of carboxylic acid groups (broad SMARTS) is 1. The lowest BCUT2D eigenvalue weighted by Gasteiger charge is -2.32. The smallest absolute Gasteiger partial charge is 0.477 e. The predicted molar refractivity (Wildman–Crippen MR) is 402 cm³/mol. The van der Waals surface area contributed by atoms with Crippen LogP contribution in [0.5, 0.6) is 0 Å². The van der Waals surface area contributed by atoms with Crippen LogP contribution in [0.2, 0.25) is 15.1 Å². The third-order valence-electron chi connectivity index (χ3n) is 18.2. The average molecular weight is 2120 g/mol. The maximum atomic E-state index is 13.9. The summed E-state index contributed by atoms with van der Waals surface area (Å²) in [5, 5.41) is 36.6. The van der Waals surface area contributed by atoms with Crippen molar-refractivity contribution in [3.05, 3.63) is 177 Å². The molecule has 60 heteroatoms. The number of nitrogens with zero attached hydrogens (tertiary/aromatic N) is 12. The Morgan fingerprint density at radius 2 is 0.824 bits per heavy atom. The number of carboxylic acids is 1. The second-order valence-electron chi connectivity index (χ2n) is 29.2. The minimum absolute atomic E-state index is 0.0264. The number of nitrogens with one attached hydrogen (secondary N) is 3. The van der Waals surface area contributed by atoms with Crippen molar-refractivity contribution in [3.63, 3.8) is 0 Å². The molecule has 131 heavy (non-hydrogen) atoms. The largest absolute Gasteiger partial charge is 0.514 e. The molecule has 0 atom stereocenters. The molecule has 7 heterocycles. The number of amides is 3. The summed E-state index contributed by atoms with van der Waals surface area (Å²) >= 11 is 24.7. The van der Waals surface area contributed by atoms with Gasteiger partial charge in [-0.05, 0) is 138 Å². The summed E-state index contributed by atoms with van der Waals surface area (Å²) in [5.74, 6) is -26.3. The number of hydrogen-bond donors (Lipinski definition) is 4. The van der Waals surface area contributed by atoms with Gasteiger partial charge in [0.1, 0.15) is 22.3 Å². The summed E-state index contributed by atoms with van der Waals surface area (Å²) in [6.07, 6.45) is -37.6. The van der Waals surface area contributed by atoms with Crippen LogP contribution in [0, 0.1) is 0 Å². The van der Waals surface area contributed by atoms with Crippen LogP contribution < -0.4 is 21.5 Å². The molecule has 3 aliphatic rings. The number of benzene rings is 3. The fourth-order valence-electron chi connectivity index (χ4n) is 11.0. The Balaban J connectivity index is 0.000000220. The van der Waals surface area contributed by atoms with Gasteiger partial charge in [0.15, 0.2) is 28.5 Å². The van der Waals surface area contributed by atoms with Crippen molar-refractivity contribution in [2.45, 2.75) is 170 Å². The molecule has 6 aromatic heterocycles. The number of rotatable bonds is 15. The van der Waals surface area contributed by atoms with E-state index in [1.54, 1.807) is 49.0 Å². The molecular weight excluding hydrogens is 2060 g/mol. The predicted octanol–water partition coefficient (Wildman–Crippen LogP) is 21.2. The third kappa shape index (κ3) is 24.9. The van der Waals surface area contributed by atoms with Gasteiger partial charge in [0, 0.05) is 74.9 Å². The van der Waals surface area contributed by atoms with Gasteiger partial charge in [0.05, 0.1) is 82.5 Å². The minimum Gasteiger partial charge on any atom is -0.477 e. The van der Waals surface area contributed by atoms with Gasteiger partial charge in [-0.1, -0.05) is 50.7 Å². The van der Waals surface area contributed by atoms with Gasteiger partial charge in [-0.3, -0.25) is 33.1 Å². The minimum atomic E-state index is -6.35. The topological polar surface area (TPSA) is 250 Å². The lowest BCUT2D eigenvalue weighted by Crippen LogP contribution is -2.43. The van der Waals surface area contributed by atoms with Crippen LogP contribution in [0.15, 0.2) is 94.5 Å². The zero-order valence-corrected chi connectivity index (χ0v) is 72.4. The van der Waals surface area contributed by atoms with Crippen molar-refractivity contribution < 1.29 is 174 Å². The number of aromatic nitrogens is 12. The van der Waals surface area contributed by atoms with Gasteiger partial charge in [-0.2, -0.15) is 171 Å². The van der Waals surface area contributed by atoms with E-state index in [9.17, 15) is 160 Å². The van der Waals surface area contributed by atoms with Crippen LogP contribution in [-0.4, -0.2) is 149 Å². The summed E-state index contributed by atoms with van der Waals surface area (Å²) < 4.78 is 427. The highest BCUT2D eigenvalue weighted by Gasteiger charge is 2.69. The molecule has 0 radical (unpaired) electrons. The van der Waals surface area contributed by atoms with Crippen LogP contribution in [-0.2, 0) is 85.9 Å². The van der Waals surface area contributed by atoms with Crippen LogP contribution in [0.1, 0.15) is 154 Å². The van der Waals surface area contributed by atoms with E-state index in [1.807, 2.05) is 18.3 Å². The van der Waals surface area contributed by atoms with Crippen molar-refractivity contribution in [1.29, 1.82) is 0 Å². The van der Waals surface area contributed by atoms with E-state index >= 15 is 0 Å². The summed E-state index contributed by atoms with van der Waals surface area (Å²) in [6.45, 7) is 9.36. The second-order valence-corrected chi connectivity index (χ2v) is 32.3. The molecule has 0 unspecified atom stereocenters. The number of aryl methyl sites for hydroxylation is 4. The normalized spacial score (nSPS) is 15.2. The van der Waals surface area contributed by atoms with Crippen LogP contribution in [0.25, 0.3) is 22.6 Å². The fraction of sp³-hybridized carbons (Fsp3) is 0.437. The molecule has 12 rings (SSSR count). The number of halogens is 37. The van der Waals surface area contributed by atoms with E-state index in [0.29, 0.717) is 40.3 Å². The van der Waals surface area contributed by atoms with Crippen molar-refractivity contribution in [2.75, 3.05) is 0 Å². The molecule has 3 fully saturated rings. The lowest BCUT2D eigenvalue weighted by atomic mass is 9.80. The Labute approximate surface area is 745 Å². The first-order valence-electron chi connectivity index (χ1n) is 35.8. The highest BCUT2D eigenvalue weighted by Crippen LogP contribution is 2.54. The molecular formula is C71H59BBr2Cl3F32N15O7. The van der Waals surface area contributed by atoms with E-state index in [-0.39, 0.29) is 59.1 Å². The second kappa shape index (κ2) is 38.4. The highest BCUT2D eigenvalue weighted by molar-refractivity contribution is 9.10. The molecule has 1 saturated heterocycles. The van der Waals surface area contributed by atoms with Gasteiger partial charge < -0.3 is 30.4 Å². The molecule has 3 amide bonds. The number of aromatic carboxylic acids is 1. The number of carbonyl (C=O) groups excluding carboxylic acids is 3. The number of carbonyl (C=O) groups is 4. The Bertz CT molecular complexity index is 5650. The highest BCUT2D eigenvalue weighted by atomic mass is 79.9. The van der Waals surface area contributed by atoms with Gasteiger partial charge in [-0.15, -0.1) is 0 Å². The Hall–Kier alpha value is -9.63. The number of alkyl halides is 32. The van der Waals surface area contributed by atoms with Gasteiger partial charge in [0.25, 0.3) is 17.7 Å². The summed E-state index contributed by atoms with van der Waals surface area (Å²) in [6, 6.07) is 15.0. The molecule has 22 nitrogen and oxygen atoms in total. The van der Waals surface area contributed by atoms with Gasteiger partial charge in [-0.25, -0.2) is 14.2 Å². The zero-order valence-electron chi connectivity index (χ0n) is 67.0. The molecule has 0 bridgehead atoms. The molecule has 3 aromatic carbocycles. The molecule has 0 spiro atoms. The average Bonchev–Trinajstić information content (AvgIpc) is 1.66. The molecule has 1 aliphatic heterocycles. The monoisotopic (exact) mass is 2120 g/mol. The SMILES string of the molecule is CC(C)NC(=O)c1cc(-n2cc(-c3c(C(F)(F)F)c(C(F)(F)C(F)(F)F)nn3C)cn2)ccc1Cl.Cn1cc(C(F)(F)F)c(C(F)(F)C(F)(F)F)n1.Cn1nc(C(F)(F)C(F)(F)F)c(C(F)(F)F)c1B1OC(C)(C)C(C)(C)O1.Cn1nc(C(F)(F)C(F)(F)F)c(C(F)(F)F)c1C(=O)O.O=C(NC1CC1)c1cc(-n2cc(Br)cn2)ccc1Cl.O=C(NC1CC1)c1cc(Br)ccc1Cl.